The minimum Gasteiger partial charge on any atom is -0.335 e. The van der Waals surface area contributed by atoms with Crippen molar-refractivity contribution in [3.8, 4) is 0 Å². The number of nitrogens with one attached hydrogen (secondary N) is 2. The Morgan fingerprint density at radius 1 is 1.26 bits per heavy atom. The van der Waals surface area contributed by atoms with Crippen molar-refractivity contribution in [2.45, 2.75) is 29.9 Å². The second kappa shape index (κ2) is 7.04. The molecule has 0 atom stereocenters. The molecule has 4 nitrogen and oxygen atoms in total. The van der Waals surface area contributed by atoms with Crippen LogP contribution in [0.3, 0.4) is 0 Å². The van der Waals surface area contributed by atoms with E-state index in [9.17, 15) is 8.42 Å². The first kappa shape index (κ1) is 15.3. The zero-order valence-electron chi connectivity index (χ0n) is 10.8. The standard InChI is InChI=1S/C12H19ClN2O2S2/c13-11-5-6-12(18-11)19(16,17)14-7-4-10-15-8-2-1-3-9-15/h5-6,14H,1-4,7-10H2/p+1. The maximum atomic E-state index is 11.9. The zero-order valence-corrected chi connectivity index (χ0v) is 13.2. The van der Waals surface area contributed by atoms with Crippen molar-refractivity contribution < 1.29 is 13.3 Å². The van der Waals surface area contributed by atoms with Crippen molar-refractivity contribution in [2.24, 2.45) is 0 Å². The fourth-order valence-corrected chi connectivity index (χ4v) is 4.96. The van der Waals surface area contributed by atoms with Crippen LogP contribution in [0.4, 0.5) is 0 Å². The lowest BCUT2D eigenvalue weighted by Crippen LogP contribution is -3.12. The highest BCUT2D eigenvalue weighted by atomic mass is 35.5. The normalized spacial score (nSPS) is 17.7. The monoisotopic (exact) mass is 323 g/mol. The molecule has 7 heteroatoms. The third-order valence-electron chi connectivity index (χ3n) is 3.37. The van der Waals surface area contributed by atoms with E-state index in [0.717, 1.165) is 24.3 Å². The number of rotatable bonds is 6. The van der Waals surface area contributed by atoms with Crippen LogP contribution in [0.1, 0.15) is 25.7 Å². The summed E-state index contributed by atoms with van der Waals surface area (Å²) >= 11 is 6.84. The van der Waals surface area contributed by atoms with E-state index in [1.54, 1.807) is 17.0 Å². The topological polar surface area (TPSA) is 50.6 Å². The Labute approximate surface area is 123 Å². The maximum Gasteiger partial charge on any atom is 0.250 e. The molecule has 1 saturated heterocycles. The van der Waals surface area contributed by atoms with Gasteiger partial charge in [-0.2, -0.15) is 0 Å². The van der Waals surface area contributed by atoms with E-state index in [4.69, 9.17) is 11.6 Å². The van der Waals surface area contributed by atoms with Crippen molar-refractivity contribution in [3.05, 3.63) is 16.5 Å². The van der Waals surface area contributed by atoms with Crippen LogP contribution in [0.5, 0.6) is 0 Å². The maximum absolute atomic E-state index is 11.9. The van der Waals surface area contributed by atoms with Gasteiger partial charge in [-0.1, -0.05) is 11.6 Å². The van der Waals surface area contributed by atoms with Gasteiger partial charge in [-0.05, 0) is 31.4 Å². The Kier molecular flexibility index (Phi) is 5.65. The number of thiophene rings is 1. The van der Waals surface area contributed by atoms with E-state index in [2.05, 4.69) is 4.72 Å². The van der Waals surface area contributed by atoms with Gasteiger partial charge in [0.25, 0.3) is 0 Å². The van der Waals surface area contributed by atoms with Crippen LogP contribution in [0.15, 0.2) is 16.3 Å². The van der Waals surface area contributed by atoms with E-state index in [1.165, 1.54) is 32.4 Å². The minimum absolute atomic E-state index is 0.294. The molecular formula is C12H20ClN2O2S2+. The Hall–Kier alpha value is -0.140. The van der Waals surface area contributed by atoms with Gasteiger partial charge in [0.1, 0.15) is 4.21 Å². The highest BCUT2D eigenvalue weighted by Gasteiger charge is 2.17. The molecule has 1 aromatic heterocycles. The third kappa shape index (κ3) is 4.72. The molecule has 2 N–H and O–H groups in total. The summed E-state index contributed by atoms with van der Waals surface area (Å²) in [4.78, 5) is 1.60. The van der Waals surface area contributed by atoms with Crippen LogP contribution in [0.25, 0.3) is 0 Å². The summed E-state index contributed by atoms with van der Waals surface area (Å²) < 4.78 is 27.3. The van der Waals surface area contributed by atoms with Gasteiger partial charge in [0.15, 0.2) is 0 Å². The molecule has 1 fully saturated rings. The van der Waals surface area contributed by atoms with E-state index in [-0.39, 0.29) is 0 Å². The van der Waals surface area contributed by atoms with Gasteiger partial charge in [0.2, 0.25) is 10.0 Å². The Balaban J connectivity index is 1.72. The van der Waals surface area contributed by atoms with E-state index >= 15 is 0 Å². The molecule has 0 aliphatic carbocycles. The largest absolute Gasteiger partial charge is 0.335 e. The lowest BCUT2D eigenvalue weighted by atomic mass is 10.1. The molecule has 2 rings (SSSR count). The Bertz CT molecular complexity index is 496. The fourth-order valence-electron chi connectivity index (χ4n) is 2.36. The van der Waals surface area contributed by atoms with Gasteiger partial charge in [0, 0.05) is 13.0 Å². The number of halogens is 1. The van der Waals surface area contributed by atoms with Crippen LogP contribution in [0, 0.1) is 0 Å². The lowest BCUT2D eigenvalue weighted by molar-refractivity contribution is -0.904. The second-order valence-corrected chi connectivity index (χ2v) is 8.58. The van der Waals surface area contributed by atoms with Crippen LogP contribution < -0.4 is 9.62 Å². The van der Waals surface area contributed by atoms with Gasteiger partial charge in [-0.15, -0.1) is 11.3 Å². The molecular weight excluding hydrogens is 304 g/mol. The molecule has 0 unspecified atom stereocenters. The smallest absolute Gasteiger partial charge is 0.250 e. The molecule has 1 aromatic rings. The van der Waals surface area contributed by atoms with E-state index in [1.807, 2.05) is 0 Å². The molecule has 0 radical (unpaired) electrons. The predicted octanol–water partition coefficient (Wildman–Crippen LogP) is 1.14. The van der Waals surface area contributed by atoms with Gasteiger partial charge in [-0.3, -0.25) is 0 Å². The lowest BCUT2D eigenvalue weighted by Gasteiger charge is -2.23. The summed E-state index contributed by atoms with van der Waals surface area (Å²) in [6.07, 6.45) is 4.83. The quantitative estimate of drug-likeness (QED) is 0.771. The summed E-state index contributed by atoms with van der Waals surface area (Å²) in [7, 11) is -3.37. The number of sulfonamides is 1. The molecule has 1 aliphatic rings. The van der Waals surface area contributed by atoms with E-state index < -0.39 is 10.0 Å². The van der Waals surface area contributed by atoms with Crippen molar-refractivity contribution in [2.75, 3.05) is 26.2 Å². The number of piperidine rings is 1. The fraction of sp³-hybridized carbons (Fsp3) is 0.667. The van der Waals surface area contributed by atoms with Crippen LogP contribution in [-0.2, 0) is 10.0 Å². The number of quaternary nitrogens is 1. The molecule has 0 aromatic carbocycles. The average Bonchev–Trinajstić information content (AvgIpc) is 2.84. The molecule has 0 saturated carbocycles. The number of hydrogen-bond donors (Lipinski definition) is 2. The van der Waals surface area contributed by atoms with Crippen molar-refractivity contribution in [3.63, 3.8) is 0 Å². The van der Waals surface area contributed by atoms with Gasteiger partial charge in [-0.25, -0.2) is 13.1 Å². The predicted molar refractivity (Wildman–Crippen MR) is 78.5 cm³/mol. The highest BCUT2D eigenvalue weighted by Crippen LogP contribution is 2.25. The van der Waals surface area contributed by atoms with Crippen molar-refractivity contribution in [1.82, 2.24) is 4.72 Å². The van der Waals surface area contributed by atoms with Crippen LogP contribution in [-0.4, -0.2) is 34.6 Å². The molecule has 2 heterocycles. The molecule has 0 amide bonds. The van der Waals surface area contributed by atoms with Crippen LogP contribution in [0.2, 0.25) is 4.34 Å². The first-order chi connectivity index (χ1) is 9.08. The number of hydrogen-bond acceptors (Lipinski definition) is 3. The summed E-state index contributed by atoms with van der Waals surface area (Å²) in [6, 6.07) is 3.16. The molecule has 0 spiro atoms. The summed E-state index contributed by atoms with van der Waals surface area (Å²) in [5.41, 5.74) is 0. The van der Waals surface area contributed by atoms with Gasteiger partial charge >= 0.3 is 0 Å². The highest BCUT2D eigenvalue weighted by molar-refractivity contribution is 7.91. The first-order valence-corrected chi connectivity index (χ1v) is 9.34. The van der Waals surface area contributed by atoms with Gasteiger partial charge in [0.05, 0.1) is 24.0 Å². The second-order valence-electron chi connectivity index (χ2n) is 4.87. The van der Waals surface area contributed by atoms with E-state index in [0.29, 0.717) is 15.1 Å². The number of likely N-dealkylation sites (tertiary alicyclic amines) is 1. The first-order valence-electron chi connectivity index (χ1n) is 6.66. The van der Waals surface area contributed by atoms with Crippen molar-refractivity contribution in [1.29, 1.82) is 0 Å². The Morgan fingerprint density at radius 3 is 2.63 bits per heavy atom. The van der Waals surface area contributed by atoms with Crippen LogP contribution >= 0.6 is 22.9 Å². The van der Waals surface area contributed by atoms with Gasteiger partial charge < -0.3 is 4.90 Å². The average molecular weight is 324 g/mol. The minimum atomic E-state index is -3.37. The summed E-state index contributed by atoms with van der Waals surface area (Å²) in [6.45, 7) is 4.01. The molecule has 0 bridgehead atoms. The summed E-state index contributed by atoms with van der Waals surface area (Å²) in [5.74, 6) is 0. The SMILES string of the molecule is O=S(=O)(NCCC[NH+]1CCCCC1)c1ccc(Cl)s1. The third-order valence-corrected chi connectivity index (χ3v) is 6.56. The Morgan fingerprint density at radius 2 is 2.00 bits per heavy atom. The summed E-state index contributed by atoms with van der Waals surface area (Å²) in [5, 5.41) is 0. The molecule has 19 heavy (non-hydrogen) atoms. The molecule has 1 aliphatic heterocycles. The zero-order chi connectivity index (χ0) is 13.7. The van der Waals surface area contributed by atoms with Crippen molar-refractivity contribution >= 4 is 33.0 Å². The molecule has 108 valence electrons.